The molecule has 2 heterocycles. The van der Waals surface area contributed by atoms with Crippen LogP contribution in [-0.2, 0) is 4.79 Å². The van der Waals surface area contributed by atoms with Gasteiger partial charge in [0.1, 0.15) is 5.70 Å². The van der Waals surface area contributed by atoms with Gasteiger partial charge in [0.2, 0.25) is 0 Å². The van der Waals surface area contributed by atoms with Crippen molar-refractivity contribution >= 4 is 34.5 Å². The fourth-order valence-corrected chi connectivity index (χ4v) is 3.69. The van der Waals surface area contributed by atoms with Gasteiger partial charge in [-0.3, -0.25) is 9.69 Å². The van der Waals surface area contributed by atoms with Crippen molar-refractivity contribution in [3.8, 4) is 0 Å². The largest absolute Gasteiger partial charge is 0.371 e. The van der Waals surface area contributed by atoms with Crippen molar-refractivity contribution in [2.24, 2.45) is 0 Å². The van der Waals surface area contributed by atoms with E-state index in [1.807, 2.05) is 18.2 Å². The van der Waals surface area contributed by atoms with Crippen molar-refractivity contribution in [2.75, 3.05) is 24.5 Å². The minimum Gasteiger partial charge on any atom is -0.371 e. The molecule has 0 saturated carbocycles. The van der Waals surface area contributed by atoms with Crippen molar-refractivity contribution in [2.45, 2.75) is 12.8 Å². The summed E-state index contributed by atoms with van der Waals surface area (Å²) in [6.45, 7) is 5.96. The predicted molar refractivity (Wildman–Crippen MR) is 104 cm³/mol. The molecule has 1 N–H and O–H groups in total. The average Bonchev–Trinajstić information content (AvgIpc) is 3.27. The minimum atomic E-state index is -0.404. The minimum absolute atomic E-state index is 0.205. The molecule has 26 heavy (non-hydrogen) atoms. The third kappa shape index (κ3) is 2.75. The van der Waals surface area contributed by atoms with E-state index < -0.39 is 6.03 Å². The summed E-state index contributed by atoms with van der Waals surface area (Å²) in [7, 11) is 0. The van der Waals surface area contributed by atoms with E-state index >= 15 is 0 Å². The van der Waals surface area contributed by atoms with Gasteiger partial charge in [0.15, 0.2) is 0 Å². The highest BCUT2D eigenvalue weighted by molar-refractivity contribution is 6.15. The number of nitrogens with zero attached hydrogens (tertiary/aromatic N) is 2. The SMILES string of the molecule is C=CCN1C(=O)N/C(=C/c2ccc(N3CCCC3)c3ccccc23)C1=O. The van der Waals surface area contributed by atoms with Gasteiger partial charge in [0.05, 0.1) is 0 Å². The highest BCUT2D eigenvalue weighted by Crippen LogP contribution is 2.32. The molecule has 2 aromatic carbocycles. The number of amides is 3. The summed E-state index contributed by atoms with van der Waals surface area (Å²) in [5, 5.41) is 4.91. The maximum absolute atomic E-state index is 12.4. The topological polar surface area (TPSA) is 52.7 Å². The van der Waals surface area contributed by atoms with Crippen LogP contribution < -0.4 is 10.2 Å². The Kier molecular flexibility index (Phi) is 4.21. The number of nitrogens with one attached hydrogen (secondary N) is 1. The van der Waals surface area contributed by atoms with Gasteiger partial charge >= 0.3 is 6.03 Å². The zero-order valence-corrected chi connectivity index (χ0v) is 14.6. The van der Waals surface area contributed by atoms with E-state index in [1.54, 1.807) is 12.2 Å². The normalized spacial score (nSPS) is 18.8. The maximum Gasteiger partial charge on any atom is 0.329 e. The third-order valence-corrected chi connectivity index (χ3v) is 4.96. The first-order valence-corrected chi connectivity index (χ1v) is 8.91. The molecule has 2 aliphatic heterocycles. The Bertz CT molecular complexity index is 926. The molecule has 2 fully saturated rings. The quantitative estimate of drug-likeness (QED) is 0.523. The van der Waals surface area contributed by atoms with E-state index in [1.165, 1.54) is 23.9 Å². The van der Waals surface area contributed by atoms with Crippen LogP contribution in [0.15, 0.2) is 54.8 Å². The summed E-state index contributed by atoms with van der Waals surface area (Å²) in [6.07, 6.45) is 5.75. The second kappa shape index (κ2) is 6.67. The van der Waals surface area contributed by atoms with Crippen LogP contribution in [-0.4, -0.2) is 36.5 Å². The van der Waals surface area contributed by atoms with Crippen LogP contribution >= 0.6 is 0 Å². The number of hydrogen-bond acceptors (Lipinski definition) is 3. The molecule has 4 rings (SSSR count). The molecule has 2 aliphatic rings. The summed E-state index contributed by atoms with van der Waals surface area (Å²) < 4.78 is 0. The Morgan fingerprint density at radius 3 is 2.50 bits per heavy atom. The zero-order chi connectivity index (χ0) is 18.1. The summed E-state index contributed by atoms with van der Waals surface area (Å²) >= 11 is 0. The van der Waals surface area contributed by atoms with E-state index in [2.05, 4.69) is 35.0 Å². The first kappa shape index (κ1) is 16.4. The molecule has 0 radical (unpaired) electrons. The van der Waals surface area contributed by atoms with Crippen molar-refractivity contribution < 1.29 is 9.59 Å². The van der Waals surface area contributed by atoms with Gasteiger partial charge in [-0.05, 0) is 35.9 Å². The number of carbonyl (C=O) groups is 2. The number of imide groups is 1. The number of urea groups is 1. The standard InChI is InChI=1S/C21H21N3O2/c1-2-11-24-20(25)18(22-21(24)26)14-15-9-10-19(23-12-5-6-13-23)17-8-4-3-7-16(15)17/h2-4,7-10,14H,1,5-6,11-13H2,(H,22,26)/b18-14+. The van der Waals surface area contributed by atoms with Crippen molar-refractivity contribution in [1.82, 2.24) is 10.2 Å². The fourth-order valence-electron chi connectivity index (χ4n) is 3.69. The number of fused-ring (bicyclic) bond motifs is 1. The van der Waals surface area contributed by atoms with Crippen LogP contribution in [0.25, 0.3) is 16.8 Å². The number of hydrogen-bond donors (Lipinski definition) is 1. The van der Waals surface area contributed by atoms with Crippen molar-refractivity contribution in [3.05, 3.63) is 60.3 Å². The van der Waals surface area contributed by atoms with Gasteiger partial charge in [0.25, 0.3) is 5.91 Å². The van der Waals surface area contributed by atoms with E-state index in [-0.39, 0.29) is 12.5 Å². The fraction of sp³-hybridized carbons (Fsp3) is 0.238. The number of anilines is 1. The molecule has 0 unspecified atom stereocenters. The lowest BCUT2D eigenvalue weighted by Crippen LogP contribution is -2.30. The van der Waals surface area contributed by atoms with Crippen LogP contribution in [0.1, 0.15) is 18.4 Å². The maximum atomic E-state index is 12.4. The highest BCUT2D eigenvalue weighted by atomic mass is 16.2. The molecular formula is C21H21N3O2. The number of carbonyl (C=O) groups excluding carboxylic acids is 2. The monoisotopic (exact) mass is 347 g/mol. The average molecular weight is 347 g/mol. The van der Waals surface area contributed by atoms with E-state index in [0.29, 0.717) is 5.70 Å². The molecule has 132 valence electrons. The molecule has 5 heteroatoms. The predicted octanol–water partition coefficient (Wildman–Crippen LogP) is 3.52. The molecule has 0 aliphatic carbocycles. The summed E-state index contributed by atoms with van der Waals surface area (Å²) in [5.41, 5.74) is 2.46. The second-order valence-corrected chi connectivity index (χ2v) is 6.61. The van der Waals surface area contributed by atoms with Crippen LogP contribution in [0.4, 0.5) is 10.5 Å². The Morgan fingerprint density at radius 2 is 1.77 bits per heavy atom. The molecule has 0 aromatic heterocycles. The highest BCUT2D eigenvalue weighted by Gasteiger charge is 2.32. The van der Waals surface area contributed by atoms with Gasteiger partial charge in [-0.1, -0.05) is 36.4 Å². The molecule has 3 amide bonds. The van der Waals surface area contributed by atoms with Crippen LogP contribution in [0.2, 0.25) is 0 Å². The molecule has 0 spiro atoms. The Labute approximate surface area is 152 Å². The zero-order valence-electron chi connectivity index (χ0n) is 14.6. The van der Waals surface area contributed by atoms with Crippen LogP contribution in [0.5, 0.6) is 0 Å². The molecular weight excluding hydrogens is 326 g/mol. The lowest BCUT2D eigenvalue weighted by atomic mass is 10.0. The van der Waals surface area contributed by atoms with Gasteiger partial charge < -0.3 is 10.2 Å². The Morgan fingerprint density at radius 1 is 1.04 bits per heavy atom. The van der Waals surface area contributed by atoms with Crippen LogP contribution in [0.3, 0.4) is 0 Å². The molecule has 2 saturated heterocycles. The van der Waals surface area contributed by atoms with Gasteiger partial charge in [-0.25, -0.2) is 4.79 Å². The summed E-state index contributed by atoms with van der Waals surface area (Å²) in [4.78, 5) is 28.0. The van der Waals surface area contributed by atoms with E-state index in [0.717, 1.165) is 28.9 Å². The first-order chi connectivity index (χ1) is 12.7. The lowest BCUT2D eigenvalue weighted by molar-refractivity contribution is -0.122. The van der Waals surface area contributed by atoms with Gasteiger partial charge in [-0.15, -0.1) is 6.58 Å². The lowest BCUT2D eigenvalue weighted by Gasteiger charge is -2.20. The van der Waals surface area contributed by atoms with Crippen molar-refractivity contribution in [3.63, 3.8) is 0 Å². The number of rotatable bonds is 4. The smallest absolute Gasteiger partial charge is 0.329 e. The Balaban J connectivity index is 1.76. The molecule has 5 nitrogen and oxygen atoms in total. The Hall–Kier alpha value is -3.08. The van der Waals surface area contributed by atoms with E-state index in [4.69, 9.17) is 0 Å². The number of benzene rings is 2. The van der Waals surface area contributed by atoms with Gasteiger partial charge in [-0.2, -0.15) is 0 Å². The summed E-state index contributed by atoms with van der Waals surface area (Å²) in [6, 6.07) is 11.9. The second-order valence-electron chi connectivity index (χ2n) is 6.61. The summed E-state index contributed by atoms with van der Waals surface area (Å²) in [5.74, 6) is -0.317. The third-order valence-electron chi connectivity index (χ3n) is 4.96. The van der Waals surface area contributed by atoms with Gasteiger partial charge in [0, 0.05) is 30.7 Å². The van der Waals surface area contributed by atoms with Crippen LogP contribution in [0, 0.1) is 0 Å². The molecule has 0 bridgehead atoms. The van der Waals surface area contributed by atoms with E-state index in [9.17, 15) is 9.59 Å². The first-order valence-electron chi connectivity index (χ1n) is 8.91. The molecule has 0 atom stereocenters. The van der Waals surface area contributed by atoms with Crippen molar-refractivity contribution in [1.29, 1.82) is 0 Å². The molecule has 2 aromatic rings.